The highest BCUT2D eigenvalue weighted by atomic mass is 32.2. The molecule has 1 heterocycles. The molecular weight excluding hydrogens is 376 g/mol. The van der Waals surface area contributed by atoms with Gasteiger partial charge in [-0.1, -0.05) is 54.2 Å². The van der Waals surface area contributed by atoms with Gasteiger partial charge in [-0.2, -0.15) is 0 Å². The van der Waals surface area contributed by atoms with Gasteiger partial charge in [-0.15, -0.1) is 0 Å². The highest BCUT2D eigenvalue weighted by Crippen LogP contribution is 2.24. The van der Waals surface area contributed by atoms with Gasteiger partial charge in [0.15, 0.2) is 5.16 Å². The van der Waals surface area contributed by atoms with Crippen LogP contribution < -0.4 is 21.3 Å². The Bertz CT molecular complexity index is 990. The van der Waals surface area contributed by atoms with Crippen LogP contribution in [0.25, 0.3) is 0 Å². The molecule has 0 aliphatic heterocycles. The van der Waals surface area contributed by atoms with Crippen molar-refractivity contribution in [3.8, 4) is 5.75 Å². The van der Waals surface area contributed by atoms with Crippen molar-refractivity contribution in [2.45, 2.75) is 11.2 Å². The third-order valence-electron chi connectivity index (χ3n) is 3.97. The number of nitrogen functional groups attached to an aromatic ring is 1. The molecule has 1 atom stereocenters. The van der Waals surface area contributed by atoms with Crippen molar-refractivity contribution in [2.75, 3.05) is 18.6 Å². The standard InChI is InChI=1S/C20H20N4O3S/c1-27-15-9-7-14(8-10-15)19(13-5-3-2-4-6-13)23-18(26)12-28-20-22-16(21)11-17(25)24-20/h2-11,19H,12H2,1H3,(H,23,26)(H3,21,22,24,25). The lowest BCUT2D eigenvalue weighted by Gasteiger charge is -2.20. The zero-order valence-corrected chi connectivity index (χ0v) is 16.0. The van der Waals surface area contributed by atoms with E-state index in [1.165, 1.54) is 6.07 Å². The number of H-pyrrole nitrogens is 1. The van der Waals surface area contributed by atoms with Crippen molar-refractivity contribution in [3.05, 3.63) is 82.1 Å². The van der Waals surface area contributed by atoms with Gasteiger partial charge in [0.05, 0.1) is 18.9 Å². The van der Waals surface area contributed by atoms with E-state index in [1.807, 2.05) is 54.6 Å². The lowest BCUT2D eigenvalue weighted by Crippen LogP contribution is -2.30. The smallest absolute Gasteiger partial charge is 0.253 e. The highest BCUT2D eigenvalue weighted by Gasteiger charge is 2.17. The fourth-order valence-electron chi connectivity index (χ4n) is 2.66. The van der Waals surface area contributed by atoms with Gasteiger partial charge >= 0.3 is 0 Å². The second-order valence-corrected chi connectivity index (χ2v) is 6.91. The van der Waals surface area contributed by atoms with Crippen molar-refractivity contribution >= 4 is 23.5 Å². The van der Waals surface area contributed by atoms with E-state index in [2.05, 4.69) is 15.3 Å². The van der Waals surface area contributed by atoms with E-state index in [0.717, 1.165) is 28.6 Å². The Hall–Kier alpha value is -3.26. The largest absolute Gasteiger partial charge is 0.497 e. The van der Waals surface area contributed by atoms with Crippen LogP contribution in [-0.2, 0) is 4.79 Å². The molecule has 0 saturated carbocycles. The maximum Gasteiger partial charge on any atom is 0.253 e. The minimum atomic E-state index is -0.351. The number of benzene rings is 2. The SMILES string of the molecule is COc1ccc(C(NC(=O)CSc2nc(N)cc(=O)[nH]2)c2ccccc2)cc1. The van der Waals surface area contributed by atoms with Crippen LogP contribution in [0.4, 0.5) is 5.82 Å². The van der Waals surface area contributed by atoms with Gasteiger partial charge in [0.25, 0.3) is 5.56 Å². The topological polar surface area (TPSA) is 110 Å². The third kappa shape index (κ3) is 5.14. The van der Waals surface area contributed by atoms with Crippen molar-refractivity contribution in [3.63, 3.8) is 0 Å². The minimum Gasteiger partial charge on any atom is -0.497 e. The van der Waals surface area contributed by atoms with Crippen LogP contribution in [0.5, 0.6) is 5.75 Å². The van der Waals surface area contributed by atoms with Gasteiger partial charge in [-0.05, 0) is 23.3 Å². The first-order valence-electron chi connectivity index (χ1n) is 8.53. The molecule has 0 aliphatic rings. The van der Waals surface area contributed by atoms with E-state index in [0.29, 0.717) is 5.16 Å². The van der Waals surface area contributed by atoms with Crippen LogP contribution >= 0.6 is 11.8 Å². The van der Waals surface area contributed by atoms with Gasteiger partial charge in [-0.25, -0.2) is 4.98 Å². The number of carbonyl (C=O) groups excluding carboxylic acids is 1. The first-order valence-corrected chi connectivity index (χ1v) is 9.51. The summed E-state index contributed by atoms with van der Waals surface area (Å²) in [5, 5.41) is 3.34. The summed E-state index contributed by atoms with van der Waals surface area (Å²) in [6, 6.07) is 18.1. The molecule has 1 aromatic heterocycles. The Kier molecular flexibility index (Phi) is 6.33. The van der Waals surface area contributed by atoms with Crippen LogP contribution in [-0.4, -0.2) is 28.7 Å². The van der Waals surface area contributed by atoms with Gasteiger partial charge in [0, 0.05) is 6.07 Å². The lowest BCUT2D eigenvalue weighted by atomic mass is 9.98. The molecule has 1 unspecified atom stereocenters. The number of hydrogen-bond acceptors (Lipinski definition) is 6. The number of nitrogens with two attached hydrogens (primary N) is 1. The van der Waals surface area contributed by atoms with Crippen LogP contribution in [0.15, 0.2) is 70.6 Å². The number of ether oxygens (including phenoxy) is 1. The summed E-state index contributed by atoms with van der Waals surface area (Å²) < 4.78 is 5.21. The molecule has 28 heavy (non-hydrogen) atoms. The average molecular weight is 396 g/mol. The molecule has 3 aromatic rings. The van der Waals surface area contributed by atoms with E-state index < -0.39 is 0 Å². The number of thioether (sulfide) groups is 1. The van der Waals surface area contributed by atoms with Crippen molar-refractivity contribution < 1.29 is 9.53 Å². The zero-order chi connectivity index (χ0) is 19.9. The number of hydrogen-bond donors (Lipinski definition) is 3. The van der Waals surface area contributed by atoms with E-state index in [9.17, 15) is 9.59 Å². The molecule has 1 amide bonds. The summed E-state index contributed by atoms with van der Waals surface area (Å²) in [6.07, 6.45) is 0. The number of anilines is 1. The number of aromatic nitrogens is 2. The van der Waals surface area contributed by atoms with Crippen molar-refractivity contribution in [2.24, 2.45) is 0 Å². The van der Waals surface area contributed by atoms with Crippen LogP contribution in [0, 0.1) is 0 Å². The fourth-order valence-corrected chi connectivity index (χ4v) is 3.35. The Morgan fingerprint density at radius 3 is 2.50 bits per heavy atom. The van der Waals surface area contributed by atoms with Crippen LogP contribution in [0.3, 0.4) is 0 Å². The van der Waals surface area contributed by atoms with Crippen LogP contribution in [0.2, 0.25) is 0 Å². The fraction of sp³-hybridized carbons (Fsp3) is 0.150. The molecule has 0 spiro atoms. The van der Waals surface area contributed by atoms with Gasteiger partial charge in [0.2, 0.25) is 5.91 Å². The second-order valence-electron chi connectivity index (χ2n) is 5.95. The monoisotopic (exact) mass is 396 g/mol. The lowest BCUT2D eigenvalue weighted by molar-refractivity contribution is -0.119. The van der Waals surface area contributed by atoms with Crippen LogP contribution in [0.1, 0.15) is 17.2 Å². The molecule has 4 N–H and O–H groups in total. The molecule has 3 rings (SSSR count). The summed E-state index contributed by atoms with van der Waals surface area (Å²) in [4.78, 5) is 30.6. The molecule has 144 valence electrons. The van der Waals surface area contributed by atoms with Gasteiger partial charge in [-0.3, -0.25) is 9.59 Å². The molecule has 0 fully saturated rings. The zero-order valence-electron chi connectivity index (χ0n) is 15.2. The van der Waals surface area contributed by atoms with Gasteiger partial charge < -0.3 is 20.8 Å². The van der Waals surface area contributed by atoms with Crippen molar-refractivity contribution in [1.29, 1.82) is 0 Å². The molecular formula is C20H20N4O3S. The number of methoxy groups -OCH3 is 1. The predicted octanol–water partition coefficient (Wildman–Crippen LogP) is 2.36. The molecule has 2 aromatic carbocycles. The minimum absolute atomic E-state index is 0.0892. The molecule has 8 heteroatoms. The third-order valence-corrected chi connectivity index (χ3v) is 4.84. The normalized spacial score (nSPS) is 11.6. The van der Waals surface area contributed by atoms with E-state index in [4.69, 9.17) is 10.5 Å². The predicted molar refractivity (Wildman–Crippen MR) is 109 cm³/mol. The molecule has 7 nitrogen and oxygen atoms in total. The van der Waals surface area contributed by atoms with E-state index in [-0.39, 0.29) is 29.1 Å². The van der Waals surface area contributed by atoms with E-state index >= 15 is 0 Å². The summed E-state index contributed by atoms with van der Waals surface area (Å²) in [5.74, 6) is 0.757. The molecule has 0 radical (unpaired) electrons. The number of rotatable bonds is 7. The number of carbonyl (C=O) groups is 1. The summed E-state index contributed by atoms with van der Waals surface area (Å²) in [5.41, 5.74) is 7.11. The number of amides is 1. The molecule has 0 aliphatic carbocycles. The summed E-state index contributed by atoms with van der Waals surface area (Å²) in [7, 11) is 1.61. The Balaban J connectivity index is 1.75. The number of aromatic amines is 1. The average Bonchev–Trinajstić information content (AvgIpc) is 2.70. The Labute approximate surface area is 166 Å². The second kappa shape index (κ2) is 9.09. The maximum absolute atomic E-state index is 12.6. The first-order chi connectivity index (χ1) is 13.5. The molecule has 0 saturated heterocycles. The number of nitrogens with zero attached hydrogens (tertiary/aromatic N) is 1. The highest BCUT2D eigenvalue weighted by molar-refractivity contribution is 7.99. The number of nitrogens with one attached hydrogen (secondary N) is 2. The Morgan fingerprint density at radius 2 is 1.86 bits per heavy atom. The summed E-state index contributed by atoms with van der Waals surface area (Å²) >= 11 is 1.12. The maximum atomic E-state index is 12.6. The van der Waals surface area contributed by atoms with E-state index in [1.54, 1.807) is 7.11 Å². The molecule has 0 bridgehead atoms. The quantitative estimate of drug-likeness (QED) is 0.418. The Morgan fingerprint density at radius 1 is 1.18 bits per heavy atom. The van der Waals surface area contributed by atoms with Crippen molar-refractivity contribution in [1.82, 2.24) is 15.3 Å². The first kappa shape index (κ1) is 19.5. The summed E-state index contributed by atoms with van der Waals surface area (Å²) in [6.45, 7) is 0. The van der Waals surface area contributed by atoms with Gasteiger partial charge in [0.1, 0.15) is 11.6 Å².